The van der Waals surface area contributed by atoms with Gasteiger partial charge in [-0.25, -0.2) is 12.8 Å². The van der Waals surface area contributed by atoms with E-state index >= 15 is 0 Å². The van der Waals surface area contributed by atoms with Crippen LogP contribution in [0.2, 0.25) is 0 Å². The number of alkyl halides is 1. The Kier molecular flexibility index (Phi) is 3.02. The molecule has 0 radical (unpaired) electrons. The van der Waals surface area contributed by atoms with E-state index in [9.17, 15) is 12.8 Å². The van der Waals surface area contributed by atoms with E-state index in [0.29, 0.717) is 23.9 Å². The molecule has 2 aromatic rings. The van der Waals surface area contributed by atoms with Gasteiger partial charge in [-0.2, -0.15) is 13.1 Å². The van der Waals surface area contributed by atoms with E-state index in [1.165, 1.54) is 4.31 Å². The molecule has 8 heteroatoms. The van der Waals surface area contributed by atoms with E-state index in [2.05, 4.69) is 8.75 Å². The molecule has 3 heterocycles. The molecule has 2 fully saturated rings. The molecule has 1 aromatic carbocycles. The first-order chi connectivity index (χ1) is 10.1. The number of nitrogens with zero attached hydrogens (tertiary/aromatic N) is 3. The van der Waals surface area contributed by atoms with Gasteiger partial charge < -0.3 is 0 Å². The van der Waals surface area contributed by atoms with Gasteiger partial charge in [0.1, 0.15) is 22.1 Å². The summed E-state index contributed by atoms with van der Waals surface area (Å²) in [6.07, 6.45) is 1.22. The summed E-state index contributed by atoms with van der Waals surface area (Å²) in [5.41, 5.74) is 1.01. The van der Waals surface area contributed by atoms with Crippen LogP contribution in [-0.2, 0) is 10.0 Å². The summed E-state index contributed by atoms with van der Waals surface area (Å²) in [4.78, 5) is 0.197. The average molecular weight is 327 g/mol. The Morgan fingerprint density at radius 2 is 1.90 bits per heavy atom. The minimum absolute atomic E-state index is 0.197. The molecular weight excluding hydrogens is 313 g/mol. The third kappa shape index (κ3) is 2.00. The monoisotopic (exact) mass is 327 g/mol. The molecule has 0 aliphatic carbocycles. The van der Waals surface area contributed by atoms with Crippen LogP contribution in [0.1, 0.15) is 25.7 Å². The molecular formula is C13H14FN3O2S2. The van der Waals surface area contributed by atoms with E-state index in [-0.39, 0.29) is 17.0 Å². The zero-order valence-electron chi connectivity index (χ0n) is 11.1. The van der Waals surface area contributed by atoms with Crippen LogP contribution in [-0.4, -0.2) is 39.7 Å². The van der Waals surface area contributed by atoms with Crippen LogP contribution in [0.3, 0.4) is 0 Å². The van der Waals surface area contributed by atoms with Gasteiger partial charge in [-0.15, -0.1) is 0 Å². The lowest BCUT2D eigenvalue weighted by molar-refractivity contribution is 0.150. The van der Waals surface area contributed by atoms with Crippen LogP contribution in [0, 0.1) is 0 Å². The molecule has 21 heavy (non-hydrogen) atoms. The van der Waals surface area contributed by atoms with Gasteiger partial charge in [0.05, 0.1) is 11.7 Å². The number of hydrogen-bond donors (Lipinski definition) is 0. The summed E-state index contributed by atoms with van der Waals surface area (Å²) >= 11 is 1.00. The van der Waals surface area contributed by atoms with Crippen molar-refractivity contribution in [3.63, 3.8) is 0 Å². The number of rotatable bonds is 2. The number of aromatic nitrogens is 2. The minimum Gasteiger partial charge on any atom is -0.247 e. The highest BCUT2D eigenvalue weighted by Crippen LogP contribution is 2.41. The fraction of sp³-hybridized carbons (Fsp3) is 0.538. The smallest absolute Gasteiger partial charge is 0.245 e. The molecule has 2 bridgehead atoms. The lowest BCUT2D eigenvalue weighted by Crippen LogP contribution is -2.47. The molecule has 5 nitrogen and oxygen atoms in total. The van der Waals surface area contributed by atoms with Crippen molar-refractivity contribution in [2.24, 2.45) is 0 Å². The lowest BCUT2D eigenvalue weighted by atomic mass is 10.0. The molecule has 0 amide bonds. The fourth-order valence-electron chi connectivity index (χ4n) is 3.56. The second-order valence-corrected chi connectivity index (χ2v) is 8.02. The van der Waals surface area contributed by atoms with Gasteiger partial charge in [0.15, 0.2) is 0 Å². The first kappa shape index (κ1) is 13.5. The molecule has 2 unspecified atom stereocenters. The van der Waals surface area contributed by atoms with Gasteiger partial charge >= 0.3 is 0 Å². The summed E-state index contributed by atoms with van der Waals surface area (Å²) in [5.74, 6) is 0. The average Bonchev–Trinajstić information content (AvgIpc) is 3.01. The van der Waals surface area contributed by atoms with Crippen molar-refractivity contribution in [3.8, 4) is 0 Å². The van der Waals surface area contributed by atoms with Gasteiger partial charge in [-0.3, -0.25) is 0 Å². The van der Waals surface area contributed by atoms with Crippen molar-refractivity contribution in [1.29, 1.82) is 0 Å². The fourth-order valence-corrected chi connectivity index (χ4v) is 6.21. The summed E-state index contributed by atoms with van der Waals surface area (Å²) in [6, 6.07) is 4.57. The second kappa shape index (κ2) is 4.69. The van der Waals surface area contributed by atoms with Crippen LogP contribution in [0.25, 0.3) is 11.0 Å². The molecule has 0 spiro atoms. The van der Waals surface area contributed by atoms with E-state index in [4.69, 9.17) is 0 Å². The molecule has 0 N–H and O–H groups in total. The summed E-state index contributed by atoms with van der Waals surface area (Å²) in [5, 5.41) is 0. The molecule has 2 aliphatic heterocycles. The van der Waals surface area contributed by atoms with E-state index < -0.39 is 16.2 Å². The summed E-state index contributed by atoms with van der Waals surface area (Å²) < 4.78 is 49.4. The van der Waals surface area contributed by atoms with Crippen LogP contribution in [0.15, 0.2) is 23.1 Å². The number of hydrogen-bond acceptors (Lipinski definition) is 5. The number of halogens is 1. The Balaban J connectivity index is 1.82. The maximum Gasteiger partial charge on any atom is 0.245 e. The highest BCUT2D eigenvalue weighted by molar-refractivity contribution is 7.89. The Hall–Kier alpha value is -1.12. The predicted octanol–water partition coefficient (Wildman–Crippen LogP) is 2.34. The lowest BCUT2D eigenvalue weighted by Gasteiger charge is -2.35. The molecule has 112 valence electrons. The highest BCUT2D eigenvalue weighted by atomic mass is 32.2. The van der Waals surface area contributed by atoms with Crippen LogP contribution in [0.4, 0.5) is 4.39 Å². The molecule has 1 aromatic heterocycles. The minimum atomic E-state index is -3.65. The van der Waals surface area contributed by atoms with Crippen molar-refractivity contribution in [2.75, 3.05) is 0 Å². The number of benzene rings is 1. The first-order valence-corrected chi connectivity index (χ1v) is 9.13. The van der Waals surface area contributed by atoms with Gasteiger partial charge in [-0.1, -0.05) is 6.07 Å². The quantitative estimate of drug-likeness (QED) is 0.849. The molecule has 2 aliphatic rings. The number of piperidine rings is 1. The van der Waals surface area contributed by atoms with Crippen LogP contribution in [0.5, 0.6) is 0 Å². The molecule has 0 saturated carbocycles. The zero-order valence-corrected chi connectivity index (χ0v) is 12.8. The van der Waals surface area contributed by atoms with Crippen molar-refractivity contribution in [3.05, 3.63) is 18.2 Å². The van der Waals surface area contributed by atoms with E-state index in [0.717, 1.165) is 24.6 Å². The highest BCUT2D eigenvalue weighted by Gasteiger charge is 2.47. The second-order valence-electron chi connectivity index (χ2n) is 5.68. The number of sulfonamides is 1. The Labute approximate surface area is 126 Å². The topological polar surface area (TPSA) is 63.2 Å². The Morgan fingerprint density at radius 1 is 1.19 bits per heavy atom. The SMILES string of the molecule is O=S(=O)(c1cccc2nsnc12)N1C2CCC1CC(F)C2. The number of fused-ring (bicyclic) bond motifs is 3. The van der Waals surface area contributed by atoms with Crippen LogP contribution >= 0.6 is 11.7 Å². The third-order valence-corrected chi connectivity index (χ3v) is 6.99. The first-order valence-electron chi connectivity index (χ1n) is 6.96. The van der Waals surface area contributed by atoms with Crippen molar-refractivity contribution >= 4 is 32.8 Å². The largest absolute Gasteiger partial charge is 0.247 e. The van der Waals surface area contributed by atoms with Gasteiger partial charge in [-0.05, 0) is 37.8 Å². The van der Waals surface area contributed by atoms with Crippen molar-refractivity contribution in [2.45, 2.75) is 48.8 Å². The zero-order chi connectivity index (χ0) is 14.6. The predicted molar refractivity (Wildman–Crippen MR) is 77.4 cm³/mol. The third-order valence-electron chi connectivity index (χ3n) is 4.41. The summed E-state index contributed by atoms with van der Waals surface area (Å²) in [6.45, 7) is 0. The van der Waals surface area contributed by atoms with Gasteiger partial charge in [0.25, 0.3) is 0 Å². The molecule has 4 rings (SSSR count). The van der Waals surface area contributed by atoms with Crippen LogP contribution < -0.4 is 0 Å². The maximum absolute atomic E-state index is 13.6. The van der Waals surface area contributed by atoms with E-state index in [1.54, 1.807) is 18.2 Å². The van der Waals surface area contributed by atoms with Crippen molar-refractivity contribution in [1.82, 2.24) is 13.1 Å². The summed E-state index contributed by atoms with van der Waals surface area (Å²) in [7, 11) is -3.65. The maximum atomic E-state index is 13.6. The molecule has 2 atom stereocenters. The van der Waals surface area contributed by atoms with Gasteiger partial charge in [0, 0.05) is 12.1 Å². The normalized spacial score (nSPS) is 30.0. The standard InChI is InChI=1S/C13H14FN3O2S2/c14-8-6-9-4-5-10(7-8)17(9)21(18,19)12-3-1-2-11-13(12)16-20-15-11/h1-3,8-10H,4-7H2. The Morgan fingerprint density at radius 3 is 2.62 bits per heavy atom. The molecule has 2 saturated heterocycles. The Bertz CT molecular complexity index is 778. The van der Waals surface area contributed by atoms with Gasteiger partial charge in [0.2, 0.25) is 10.0 Å². The van der Waals surface area contributed by atoms with Crippen molar-refractivity contribution < 1.29 is 12.8 Å². The van der Waals surface area contributed by atoms with E-state index in [1.807, 2.05) is 0 Å².